The maximum atomic E-state index is 13.3. The molecular formula is C22H16N4O3. The van der Waals surface area contributed by atoms with Crippen molar-refractivity contribution in [1.82, 2.24) is 15.1 Å². The summed E-state index contributed by atoms with van der Waals surface area (Å²) in [7, 11) is 0. The Balaban J connectivity index is 1.63. The predicted molar refractivity (Wildman–Crippen MR) is 109 cm³/mol. The zero-order valence-electron chi connectivity index (χ0n) is 15.8. The second-order valence-corrected chi connectivity index (χ2v) is 6.76. The molecule has 1 N–H and O–H groups in total. The zero-order valence-corrected chi connectivity index (χ0v) is 15.8. The molecule has 29 heavy (non-hydrogen) atoms. The standard InChI is InChI=1S/C22H16N4O3/c1-12-7-8-16(14-5-3-9-23-20(12)14)24-21(27)15-11-17(18-6-4-10-28-18)25-22-19(15)13(2)26-29-22/h3-11H,1-2H3,(H,24,27). The van der Waals surface area contributed by atoms with Gasteiger partial charge in [0.25, 0.3) is 11.6 Å². The summed E-state index contributed by atoms with van der Waals surface area (Å²) in [6.45, 7) is 3.77. The fourth-order valence-electron chi connectivity index (χ4n) is 3.44. The van der Waals surface area contributed by atoms with Gasteiger partial charge in [0.05, 0.1) is 34.1 Å². The number of fused-ring (bicyclic) bond motifs is 2. The van der Waals surface area contributed by atoms with Gasteiger partial charge in [0.1, 0.15) is 5.69 Å². The molecule has 0 fully saturated rings. The minimum Gasteiger partial charge on any atom is -0.463 e. The van der Waals surface area contributed by atoms with Crippen LogP contribution >= 0.6 is 0 Å². The van der Waals surface area contributed by atoms with Crippen LogP contribution in [0.3, 0.4) is 0 Å². The number of carbonyl (C=O) groups excluding carboxylic acids is 1. The summed E-state index contributed by atoms with van der Waals surface area (Å²) >= 11 is 0. The van der Waals surface area contributed by atoms with E-state index in [9.17, 15) is 4.79 Å². The predicted octanol–water partition coefficient (Wildman–Crippen LogP) is 4.90. The molecule has 0 atom stereocenters. The lowest BCUT2D eigenvalue weighted by atomic mass is 10.1. The molecule has 0 unspecified atom stereocenters. The molecule has 0 aliphatic carbocycles. The highest BCUT2D eigenvalue weighted by molar-refractivity contribution is 6.15. The lowest BCUT2D eigenvalue weighted by Crippen LogP contribution is -2.13. The highest BCUT2D eigenvalue weighted by atomic mass is 16.5. The molecule has 7 heteroatoms. The van der Waals surface area contributed by atoms with Gasteiger partial charge in [0.15, 0.2) is 5.76 Å². The van der Waals surface area contributed by atoms with E-state index >= 15 is 0 Å². The van der Waals surface area contributed by atoms with Crippen LogP contribution in [0.4, 0.5) is 5.69 Å². The van der Waals surface area contributed by atoms with Crippen molar-refractivity contribution in [3.63, 3.8) is 0 Å². The van der Waals surface area contributed by atoms with Crippen LogP contribution in [0.2, 0.25) is 0 Å². The van der Waals surface area contributed by atoms with Crippen LogP contribution in [-0.4, -0.2) is 21.0 Å². The summed E-state index contributed by atoms with van der Waals surface area (Å²) in [6.07, 6.45) is 3.29. The smallest absolute Gasteiger partial charge is 0.259 e. The number of rotatable bonds is 3. The van der Waals surface area contributed by atoms with Crippen molar-refractivity contribution in [2.24, 2.45) is 0 Å². The van der Waals surface area contributed by atoms with Crippen molar-refractivity contribution in [3.8, 4) is 11.5 Å². The van der Waals surface area contributed by atoms with E-state index in [1.54, 1.807) is 37.6 Å². The van der Waals surface area contributed by atoms with Gasteiger partial charge in [-0.1, -0.05) is 11.2 Å². The molecule has 5 rings (SSSR count). The zero-order chi connectivity index (χ0) is 20.0. The first-order chi connectivity index (χ1) is 14.1. The summed E-state index contributed by atoms with van der Waals surface area (Å²) in [4.78, 5) is 22.1. The molecule has 0 aliphatic heterocycles. The van der Waals surface area contributed by atoms with Crippen molar-refractivity contribution in [2.75, 3.05) is 5.32 Å². The van der Waals surface area contributed by atoms with Crippen LogP contribution in [0.15, 0.2) is 63.9 Å². The Morgan fingerprint density at radius 3 is 2.83 bits per heavy atom. The van der Waals surface area contributed by atoms with Gasteiger partial charge in [0.2, 0.25) is 0 Å². The second kappa shape index (κ2) is 6.56. The molecule has 7 nitrogen and oxygen atoms in total. The number of nitrogens with one attached hydrogen (secondary N) is 1. The summed E-state index contributed by atoms with van der Waals surface area (Å²) in [5, 5.41) is 8.43. The molecule has 0 aliphatic rings. The fourth-order valence-corrected chi connectivity index (χ4v) is 3.44. The Morgan fingerprint density at radius 2 is 2.00 bits per heavy atom. The Kier molecular flexibility index (Phi) is 3.87. The summed E-state index contributed by atoms with van der Waals surface area (Å²) < 4.78 is 10.8. The Morgan fingerprint density at radius 1 is 1.10 bits per heavy atom. The number of carbonyl (C=O) groups is 1. The quantitative estimate of drug-likeness (QED) is 0.475. The number of furan rings is 1. The molecule has 1 aromatic carbocycles. The Hall–Kier alpha value is -4.00. The molecule has 0 saturated carbocycles. The van der Waals surface area contributed by atoms with Gasteiger partial charge in [0, 0.05) is 11.6 Å². The van der Waals surface area contributed by atoms with Crippen molar-refractivity contribution in [2.45, 2.75) is 13.8 Å². The summed E-state index contributed by atoms with van der Waals surface area (Å²) in [6, 6.07) is 12.8. The number of hydrogen-bond donors (Lipinski definition) is 1. The monoisotopic (exact) mass is 384 g/mol. The van der Waals surface area contributed by atoms with Gasteiger partial charge in [-0.05, 0) is 55.8 Å². The summed E-state index contributed by atoms with van der Waals surface area (Å²) in [5.74, 6) is 0.255. The molecule has 142 valence electrons. The molecule has 0 bridgehead atoms. The van der Waals surface area contributed by atoms with Crippen molar-refractivity contribution in [1.29, 1.82) is 0 Å². The van der Waals surface area contributed by atoms with Crippen molar-refractivity contribution >= 4 is 33.6 Å². The number of amides is 1. The van der Waals surface area contributed by atoms with Gasteiger partial charge in [-0.15, -0.1) is 0 Å². The van der Waals surface area contributed by atoms with Gasteiger partial charge in [-0.2, -0.15) is 0 Å². The van der Waals surface area contributed by atoms with Crippen LogP contribution < -0.4 is 5.32 Å². The van der Waals surface area contributed by atoms with Crippen LogP contribution in [0.1, 0.15) is 21.6 Å². The van der Waals surface area contributed by atoms with Gasteiger partial charge >= 0.3 is 0 Å². The van der Waals surface area contributed by atoms with E-state index in [4.69, 9.17) is 8.94 Å². The molecule has 4 aromatic heterocycles. The van der Waals surface area contributed by atoms with E-state index in [0.717, 1.165) is 16.5 Å². The third-order valence-corrected chi connectivity index (χ3v) is 4.85. The maximum absolute atomic E-state index is 13.3. The minimum atomic E-state index is -0.287. The van der Waals surface area contributed by atoms with Crippen molar-refractivity contribution < 1.29 is 13.7 Å². The number of pyridine rings is 2. The van der Waals surface area contributed by atoms with Crippen LogP contribution in [0, 0.1) is 13.8 Å². The van der Waals surface area contributed by atoms with Crippen LogP contribution in [0.25, 0.3) is 33.5 Å². The molecule has 1 amide bonds. The normalized spacial score (nSPS) is 11.2. The van der Waals surface area contributed by atoms with Gasteiger partial charge < -0.3 is 14.3 Å². The van der Waals surface area contributed by atoms with E-state index in [0.29, 0.717) is 33.8 Å². The van der Waals surface area contributed by atoms with Crippen LogP contribution in [0.5, 0.6) is 0 Å². The highest BCUT2D eigenvalue weighted by Gasteiger charge is 2.21. The molecular weight excluding hydrogens is 368 g/mol. The summed E-state index contributed by atoms with van der Waals surface area (Å²) in [5.41, 5.74) is 4.37. The van der Waals surface area contributed by atoms with E-state index in [2.05, 4.69) is 20.4 Å². The molecule has 0 radical (unpaired) electrons. The highest BCUT2D eigenvalue weighted by Crippen LogP contribution is 2.29. The number of nitrogens with zero attached hydrogens (tertiary/aromatic N) is 3. The van der Waals surface area contributed by atoms with E-state index in [-0.39, 0.29) is 11.6 Å². The number of benzene rings is 1. The average Bonchev–Trinajstić information content (AvgIpc) is 3.40. The minimum absolute atomic E-state index is 0.287. The third-order valence-electron chi connectivity index (χ3n) is 4.85. The van der Waals surface area contributed by atoms with E-state index < -0.39 is 0 Å². The number of hydrogen-bond acceptors (Lipinski definition) is 6. The molecule has 4 heterocycles. The van der Waals surface area contributed by atoms with Crippen LogP contribution in [-0.2, 0) is 0 Å². The number of anilines is 1. The lowest BCUT2D eigenvalue weighted by Gasteiger charge is -2.11. The second-order valence-electron chi connectivity index (χ2n) is 6.76. The largest absolute Gasteiger partial charge is 0.463 e. The number of aromatic nitrogens is 3. The Labute approximate surface area is 165 Å². The number of aryl methyl sites for hydroxylation is 2. The molecule has 0 saturated heterocycles. The Bertz CT molecular complexity index is 1370. The van der Waals surface area contributed by atoms with Gasteiger partial charge in [-0.25, -0.2) is 4.98 Å². The first-order valence-electron chi connectivity index (χ1n) is 9.08. The SMILES string of the molecule is Cc1ccc(NC(=O)c2cc(-c3ccco3)nc3onc(C)c23)c2cccnc12. The van der Waals surface area contributed by atoms with Crippen molar-refractivity contribution in [3.05, 3.63) is 71.7 Å². The lowest BCUT2D eigenvalue weighted by molar-refractivity contribution is 0.102. The first kappa shape index (κ1) is 17.1. The third kappa shape index (κ3) is 2.84. The topological polar surface area (TPSA) is 94.1 Å². The van der Waals surface area contributed by atoms with E-state index in [1.165, 1.54) is 0 Å². The van der Waals surface area contributed by atoms with Gasteiger partial charge in [-0.3, -0.25) is 9.78 Å². The average molecular weight is 384 g/mol. The molecule has 5 aromatic rings. The fraction of sp³-hybridized carbons (Fsp3) is 0.0909. The molecule has 0 spiro atoms. The maximum Gasteiger partial charge on any atom is 0.259 e. The van der Waals surface area contributed by atoms with E-state index in [1.807, 2.05) is 31.2 Å². The first-order valence-corrected chi connectivity index (χ1v) is 9.08.